The first-order valence-electron chi connectivity index (χ1n) is 6.68. The summed E-state index contributed by atoms with van der Waals surface area (Å²) in [5, 5.41) is 19.3. The molecule has 1 amide bonds. The average Bonchev–Trinajstić information content (AvgIpc) is 2.53. The van der Waals surface area contributed by atoms with Crippen LogP contribution in [-0.2, 0) is 0 Å². The van der Waals surface area contributed by atoms with Gasteiger partial charge < -0.3 is 24.4 Å². The molecule has 0 aliphatic heterocycles. The van der Waals surface area contributed by atoms with Crippen molar-refractivity contribution in [1.29, 1.82) is 0 Å². The van der Waals surface area contributed by atoms with Crippen LogP contribution in [0.4, 0.5) is 0 Å². The van der Waals surface area contributed by atoms with Gasteiger partial charge in [0.2, 0.25) is 5.75 Å². The van der Waals surface area contributed by atoms with E-state index in [-0.39, 0.29) is 26.3 Å². The van der Waals surface area contributed by atoms with Gasteiger partial charge in [0.05, 0.1) is 34.5 Å². The fraction of sp³-hybridized carbons (Fsp3) is 0.500. The fourth-order valence-corrected chi connectivity index (χ4v) is 1.89. The minimum atomic E-state index is -0.416. The number of ether oxygens (including phenoxy) is 3. The number of benzene rings is 1. The van der Waals surface area contributed by atoms with Gasteiger partial charge >= 0.3 is 0 Å². The summed E-state index contributed by atoms with van der Waals surface area (Å²) in [6.45, 7) is 0.124. The highest BCUT2D eigenvalue weighted by Gasteiger charge is 2.18. The Labute approximate surface area is 129 Å². The number of methoxy groups -OCH3 is 3. The smallest absolute Gasteiger partial charge is 0.265 e. The largest absolute Gasteiger partial charge is 0.493 e. The number of aliphatic hydroxyl groups excluding tert-OH is 2. The molecule has 1 rings (SSSR count). The summed E-state index contributed by atoms with van der Waals surface area (Å²) in [5.74, 6) is 0.705. The molecule has 0 spiro atoms. The number of aliphatic hydroxyl groups is 2. The molecule has 0 aliphatic rings. The minimum Gasteiger partial charge on any atom is -0.493 e. The molecule has 0 heterocycles. The Morgan fingerprint density at radius 3 is 1.91 bits per heavy atom. The maximum Gasteiger partial charge on any atom is 0.265 e. The number of rotatable bonds is 9. The topological polar surface area (TPSA) is 100 Å². The summed E-state index contributed by atoms with van der Waals surface area (Å²) in [6.07, 6.45) is 0. The Kier molecular flexibility index (Phi) is 7.44. The highest BCUT2D eigenvalue weighted by atomic mass is 16.5. The summed E-state index contributed by atoms with van der Waals surface area (Å²) < 4.78 is 15.6. The first kappa shape index (κ1) is 18.0. The van der Waals surface area contributed by atoms with Gasteiger partial charge in [0.25, 0.3) is 5.91 Å². The third-order valence-electron chi connectivity index (χ3n) is 2.93. The third kappa shape index (κ3) is 4.48. The predicted octanol–water partition coefficient (Wildman–Crippen LogP) is -0.356. The number of nitrogens with zero attached hydrogens (tertiary/aromatic N) is 1. The molecule has 3 N–H and O–H groups in total. The van der Waals surface area contributed by atoms with E-state index in [2.05, 4.69) is 5.43 Å². The summed E-state index contributed by atoms with van der Waals surface area (Å²) in [5.41, 5.74) is 2.90. The van der Waals surface area contributed by atoms with Gasteiger partial charge in [-0.05, 0) is 12.1 Å². The van der Waals surface area contributed by atoms with E-state index in [4.69, 9.17) is 24.4 Å². The molecule has 0 saturated carbocycles. The summed E-state index contributed by atoms with van der Waals surface area (Å²) >= 11 is 0. The Bertz CT molecular complexity index is 463. The third-order valence-corrected chi connectivity index (χ3v) is 2.93. The van der Waals surface area contributed by atoms with Crippen molar-refractivity contribution < 1.29 is 29.2 Å². The molecule has 1 aromatic carbocycles. The number of hydrogen-bond acceptors (Lipinski definition) is 7. The van der Waals surface area contributed by atoms with E-state index in [0.29, 0.717) is 22.8 Å². The molecule has 22 heavy (non-hydrogen) atoms. The van der Waals surface area contributed by atoms with Crippen molar-refractivity contribution in [2.45, 2.75) is 0 Å². The van der Waals surface area contributed by atoms with Gasteiger partial charge in [0, 0.05) is 18.7 Å². The molecule has 0 aromatic heterocycles. The van der Waals surface area contributed by atoms with Crippen LogP contribution in [0.25, 0.3) is 0 Å². The number of amides is 1. The minimum absolute atomic E-state index is 0.143. The molecule has 0 aliphatic carbocycles. The second-order valence-electron chi connectivity index (χ2n) is 4.29. The number of carbonyl (C=O) groups excluding carboxylic acids is 1. The summed E-state index contributed by atoms with van der Waals surface area (Å²) in [6, 6.07) is 3.04. The zero-order chi connectivity index (χ0) is 16.5. The van der Waals surface area contributed by atoms with E-state index in [1.165, 1.54) is 38.5 Å². The summed E-state index contributed by atoms with van der Waals surface area (Å²) in [4.78, 5) is 12.3. The van der Waals surface area contributed by atoms with Gasteiger partial charge in [-0.2, -0.15) is 0 Å². The van der Waals surface area contributed by atoms with Crippen molar-refractivity contribution in [1.82, 2.24) is 10.4 Å². The maximum absolute atomic E-state index is 12.3. The van der Waals surface area contributed by atoms with Crippen molar-refractivity contribution in [3.63, 3.8) is 0 Å². The monoisotopic (exact) mass is 314 g/mol. The lowest BCUT2D eigenvalue weighted by atomic mass is 10.1. The Morgan fingerprint density at radius 2 is 1.55 bits per heavy atom. The van der Waals surface area contributed by atoms with Gasteiger partial charge in [0.15, 0.2) is 11.5 Å². The van der Waals surface area contributed by atoms with E-state index >= 15 is 0 Å². The van der Waals surface area contributed by atoms with Crippen molar-refractivity contribution in [2.75, 3.05) is 47.6 Å². The van der Waals surface area contributed by atoms with Gasteiger partial charge in [-0.15, -0.1) is 0 Å². The molecule has 8 heteroatoms. The highest BCUT2D eigenvalue weighted by molar-refractivity contribution is 5.95. The number of nitrogens with one attached hydrogen (secondary N) is 1. The zero-order valence-corrected chi connectivity index (χ0v) is 13.0. The number of hydrazine groups is 1. The lowest BCUT2D eigenvalue weighted by molar-refractivity contribution is 0.0701. The molecule has 0 bridgehead atoms. The van der Waals surface area contributed by atoms with Crippen LogP contribution in [0.5, 0.6) is 17.2 Å². The van der Waals surface area contributed by atoms with Crippen LogP contribution in [0.2, 0.25) is 0 Å². The molecule has 0 saturated heterocycles. The SMILES string of the molecule is COc1cc(C(=O)NN(CCO)CCO)cc(OC)c1OC. The molecule has 0 fully saturated rings. The molecule has 0 unspecified atom stereocenters. The molecule has 0 atom stereocenters. The number of carbonyl (C=O) groups is 1. The molecule has 124 valence electrons. The van der Waals surface area contributed by atoms with E-state index in [9.17, 15) is 4.79 Å². The quantitative estimate of drug-likeness (QED) is 0.535. The van der Waals surface area contributed by atoms with Crippen molar-refractivity contribution >= 4 is 5.91 Å². The van der Waals surface area contributed by atoms with E-state index in [0.717, 1.165) is 0 Å². The van der Waals surface area contributed by atoms with E-state index < -0.39 is 5.91 Å². The maximum atomic E-state index is 12.3. The van der Waals surface area contributed by atoms with Crippen LogP contribution in [0, 0.1) is 0 Å². The fourth-order valence-electron chi connectivity index (χ4n) is 1.89. The standard InChI is InChI=1S/C14H22N2O6/c1-20-11-8-10(9-12(21-2)13(11)22-3)14(19)15-16(4-6-17)5-7-18/h8-9,17-18H,4-7H2,1-3H3,(H,15,19). The van der Waals surface area contributed by atoms with Crippen LogP contribution in [0.1, 0.15) is 10.4 Å². The van der Waals surface area contributed by atoms with Crippen LogP contribution in [0.15, 0.2) is 12.1 Å². The number of hydrogen-bond donors (Lipinski definition) is 3. The van der Waals surface area contributed by atoms with Crippen molar-refractivity contribution in [2.24, 2.45) is 0 Å². The second kappa shape index (κ2) is 9.08. The van der Waals surface area contributed by atoms with Gasteiger partial charge in [-0.1, -0.05) is 0 Å². The van der Waals surface area contributed by atoms with Crippen LogP contribution in [0.3, 0.4) is 0 Å². The first-order valence-corrected chi connectivity index (χ1v) is 6.68. The summed E-state index contributed by atoms with van der Waals surface area (Å²) in [7, 11) is 4.40. The average molecular weight is 314 g/mol. The van der Waals surface area contributed by atoms with Crippen molar-refractivity contribution in [3.05, 3.63) is 17.7 Å². The second-order valence-corrected chi connectivity index (χ2v) is 4.29. The van der Waals surface area contributed by atoms with Crippen LogP contribution in [-0.4, -0.2) is 68.8 Å². The van der Waals surface area contributed by atoms with Crippen LogP contribution < -0.4 is 19.6 Å². The Morgan fingerprint density at radius 1 is 1.05 bits per heavy atom. The van der Waals surface area contributed by atoms with E-state index in [1.807, 2.05) is 0 Å². The predicted molar refractivity (Wildman–Crippen MR) is 79.3 cm³/mol. The zero-order valence-electron chi connectivity index (χ0n) is 13.0. The van der Waals surface area contributed by atoms with Crippen molar-refractivity contribution in [3.8, 4) is 17.2 Å². The molecule has 0 radical (unpaired) electrons. The Hall–Kier alpha value is -2.03. The molecule has 1 aromatic rings. The van der Waals surface area contributed by atoms with Gasteiger partial charge in [-0.3, -0.25) is 10.2 Å². The van der Waals surface area contributed by atoms with Crippen LogP contribution >= 0.6 is 0 Å². The van der Waals surface area contributed by atoms with Gasteiger partial charge in [-0.25, -0.2) is 5.01 Å². The molecular formula is C14H22N2O6. The van der Waals surface area contributed by atoms with E-state index in [1.54, 1.807) is 0 Å². The normalized spacial score (nSPS) is 10.5. The highest BCUT2D eigenvalue weighted by Crippen LogP contribution is 2.38. The lowest BCUT2D eigenvalue weighted by Gasteiger charge is -2.21. The first-order chi connectivity index (χ1) is 10.6. The lowest BCUT2D eigenvalue weighted by Crippen LogP contribution is -2.45. The molecular weight excluding hydrogens is 292 g/mol. The van der Waals surface area contributed by atoms with Gasteiger partial charge in [0.1, 0.15) is 0 Å². The molecule has 8 nitrogen and oxygen atoms in total. The Balaban J connectivity index is 3.01.